The second-order valence-corrected chi connectivity index (χ2v) is 9.35. The number of ether oxygens (including phenoxy) is 3. The second kappa shape index (κ2) is 10.3. The van der Waals surface area contributed by atoms with Crippen molar-refractivity contribution in [3.8, 4) is 17.2 Å². The molecule has 8 heteroatoms. The lowest BCUT2D eigenvalue weighted by Crippen LogP contribution is -2.50. The SMILES string of the molecule is COc1ccc(C2CN(CC(=O)NCC(C)C)CC(c3ccc4c(c3)OCO4)C2C(=O)O)cc1. The van der Waals surface area contributed by atoms with Gasteiger partial charge in [0, 0.05) is 31.5 Å². The number of benzene rings is 2. The molecule has 3 atom stereocenters. The minimum Gasteiger partial charge on any atom is -0.497 e. The summed E-state index contributed by atoms with van der Waals surface area (Å²) >= 11 is 0. The van der Waals surface area contributed by atoms with Gasteiger partial charge in [-0.3, -0.25) is 14.5 Å². The fourth-order valence-corrected chi connectivity index (χ4v) is 4.81. The number of fused-ring (bicyclic) bond motifs is 1. The van der Waals surface area contributed by atoms with Crippen LogP contribution >= 0.6 is 0 Å². The molecule has 0 radical (unpaired) electrons. The summed E-state index contributed by atoms with van der Waals surface area (Å²) in [5, 5.41) is 13.3. The van der Waals surface area contributed by atoms with Crippen LogP contribution in [0.25, 0.3) is 0 Å². The van der Waals surface area contributed by atoms with Crippen LogP contribution in [-0.4, -0.2) is 62.0 Å². The van der Waals surface area contributed by atoms with Crippen LogP contribution in [0.5, 0.6) is 17.2 Å². The number of methoxy groups -OCH3 is 1. The van der Waals surface area contributed by atoms with Crippen molar-refractivity contribution in [2.75, 3.05) is 40.1 Å². The number of nitrogens with one attached hydrogen (secondary N) is 1. The molecule has 2 aromatic rings. The Morgan fingerprint density at radius 2 is 1.71 bits per heavy atom. The highest BCUT2D eigenvalue weighted by molar-refractivity contribution is 5.78. The molecule has 0 saturated carbocycles. The van der Waals surface area contributed by atoms with E-state index in [1.165, 1.54) is 0 Å². The summed E-state index contributed by atoms with van der Waals surface area (Å²) < 4.78 is 16.3. The van der Waals surface area contributed by atoms with Crippen molar-refractivity contribution in [1.29, 1.82) is 0 Å². The van der Waals surface area contributed by atoms with E-state index in [9.17, 15) is 14.7 Å². The Labute approximate surface area is 199 Å². The molecule has 2 heterocycles. The van der Waals surface area contributed by atoms with E-state index in [0.717, 1.165) is 11.1 Å². The highest BCUT2D eigenvalue weighted by Crippen LogP contribution is 2.44. The Bertz CT molecular complexity index is 1020. The molecule has 4 rings (SSSR count). The van der Waals surface area contributed by atoms with E-state index in [1.807, 2.05) is 56.3 Å². The van der Waals surface area contributed by atoms with E-state index in [2.05, 4.69) is 10.2 Å². The molecular weight excluding hydrogens is 436 g/mol. The lowest BCUT2D eigenvalue weighted by molar-refractivity contribution is -0.145. The van der Waals surface area contributed by atoms with Crippen molar-refractivity contribution in [3.05, 3.63) is 53.6 Å². The summed E-state index contributed by atoms with van der Waals surface area (Å²) in [5.41, 5.74) is 1.77. The number of aliphatic carboxylic acids is 1. The first-order chi connectivity index (χ1) is 16.4. The Morgan fingerprint density at radius 1 is 1.06 bits per heavy atom. The number of likely N-dealkylation sites (tertiary alicyclic amines) is 1. The maximum absolute atomic E-state index is 12.6. The number of hydrogen-bond donors (Lipinski definition) is 2. The van der Waals surface area contributed by atoms with E-state index < -0.39 is 11.9 Å². The molecule has 1 amide bonds. The van der Waals surface area contributed by atoms with Gasteiger partial charge in [0.05, 0.1) is 19.6 Å². The zero-order valence-corrected chi connectivity index (χ0v) is 19.8. The number of carboxylic acid groups (broad SMARTS) is 1. The van der Waals surface area contributed by atoms with Crippen LogP contribution in [0.1, 0.15) is 36.8 Å². The Balaban J connectivity index is 1.66. The van der Waals surface area contributed by atoms with Gasteiger partial charge >= 0.3 is 5.97 Å². The molecule has 182 valence electrons. The summed E-state index contributed by atoms with van der Waals surface area (Å²) in [6, 6.07) is 13.1. The third kappa shape index (κ3) is 5.28. The first kappa shape index (κ1) is 23.9. The summed E-state index contributed by atoms with van der Waals surface area (Å²) in [4.78, 5) is 27.3. The molecule has 2 aromatic carbocycles. The molecular formula is C26H32N2O6. The van der Waals surface area contributed by atoms with Crippen LogP contribution in [0.2, 0.25) is 0 Å². The molecule has 0 spiro atoms. The summed E-state index contributed by atoms with van der Waals surface area (Å²) in [6.45, 7) is 6.01. The van der Waals surface area contributed by atoms with Gasteiger partial charge in [-0.15, -0.1) is 0 Å². The summed E-state index contributed by atoms with van der Waals surface area (Å²) in [6.07, 6.45) is 0. The normalized spacial score (nSPS) is 21.9. The van der Waals surface area contributed by atoms with Crippen molar-refractivity contribution < 1.29 is 28.9 Å². The number of carbonyl (C=O) groups excluding carboxylic acids is 1. The molecule has 2 N–H and O–H groups in total. The molecule has 0 aromatic heterocycles. The molecule has 3 unspecified atom stereocenters. The number of hydrogen-bond acceptors (Lipinski definition) is 6. The number of carboxylic acids is 1. The van der Waals surface area contributed by atoms with Crippen molar-refractivity contribution in [2.45, 2.75) is 25.7 Å². The Kier molecular flexibility index (Phi) is 7.26. The molecule has 34 heavy (non-hydrogen) atoms. The van der Waals surface area contributed by atoms with Crippen LogP contribution in [0.15, 0.2) is 42.5 Å². The van der Waals surface area contributed by atoms with Crippen LogP contribution in [0.3, 0.4) is 0 Å². The molecule has 0 bridgehead atoms. The van der Waals surface area contributed by atoms with Gasteiger partial charge in [-0.05, 0) is 41.3 Å². The lowest BCUT2D eigenvalue weighted by atomic mass is 9.71. The number of piperidine rings is 1. The Morgan fingerprint density at radius 3 is 2.35 bits per heavy atom. The van der Waals surface area contributed by atoms with Gasteiger partial charge < -0.3 is 24.6 Å². The minimum absolute atomic E-state index is 0.0552. The largest absolute Gasteiger partial charge is 0.497 e. The first-order valence-corrected chi connectivity index (χ1v) is 11.6. The van der Waals surface area contributed by atoms with E-state index >= 15 is 0 Å². The molecule has 8 nitrogen and oxygen atoms in total. The fraction of sp³-hybridized carbons (Fsp3) is 0.462. The zero-order chi connectivity index (χ0) is 24.2. The maximum atomic E-state index is 12.6. The monoisotopic (exact) mass is 468 g/mol. The smallest absolute Gasteiger partial charge is 0.307 e. The minimum atomic E-state index is -0.854. The molecule has 0 aliphatic carbocycles. The number of rotatable bonds is 8. The highest BCUT2D eigenvalue weighted by atomic mass is 16.7. The van der Waals surface area contributed by atoms with Gasteiger partial charge in [-0.1, -0.05) is 32.0 Å². The quantitative estimate of drug-likeness (QED) is 0.615. The van der Waals surface area contributed by atoms with Crippen LogP contribution < -0.4 is 19.5 Å². The van der Waals surface area contributed by atoms with Crippen molar-refractivity contribution in [3.63, 3.8) is 0 Å². The molecule has 1 fully saturated rings. The number of carbonyl (C=O) groups is 2. The number of amides is 1. The third-order valence-corrected chi connectivity index (χ3v) is 6.51. The van der Waals surface area contributed by atoms with Gasteiger partial charge in [-0.25, -0.2) is 0 Å². The van der Waals surface area contributed by atoms with E-state index in [-0.39, 0.29) is 31.1 Å². The van der Waals surface area contributed by atoms with Crippen LogP contribution in [-0.2, 0) is 9.59 Å². The van der Waals surface area contributed by atoms with E-state index in [4.69, 9.17) is 14.2 Å². The van der Waals surface area contributed by atoms with Crippen molar-refractivity contribution in [1.82, 2.24) is 10.2 Å². The standard InChI is InChI=1S/C26H32N2O6/c1-16(2)11-27-24(29)14-28-12-20(17-4-7-19(32-3)8-5-17)25(26(30)31)21(13-28)18-6-9-22-23(10-18)34-15-33-22/h4-10,16,20-21,25H,11-15H2,1-3H3,(H,27,29)(H,30,31). The van der Waals surface area contributed by atoms with E-state index in [0.29, 0.717) is 42.8 Å². The average molecular weight is 469 g/mol. The van der Waals surface area contributed by atoms with Gasteiger partial charge in [0.1, 0.15) is 5.75 Å². The van der Waals surface area contributed by atoms with Crippen LogP contribution in [0.4, 0.5) is 0 Å². The molecule has 2 aliphatic heterocycles. The van der Waals surface area contributed by atoms with Crippen molar-refractivity contribution in [2.24, 2.45) is 11.8 Å². The average Bonchev–Trinajstić information content (AvgIpc) is 3.30. The second-order valence-electron chi connectivity index (χ2n) is 9.35. The maximum Gasteiger partial charge on any atom is 0.307 e. The van der Waals surface area contributed by atoms with Gasteiger partial charge in [-0.2, -0.15) is 0 Å². The summed E-state index contributed by atoms with van der Waals surface area (Å²) in [7, 11) is 1.60. The van der Waals surface area contributed by atoms with E-state index in [1.54, 1.807) is 7.11 Å². The van der Waals surface area contributed by atoms with Crippen molar-refractivity contribution >= 4 is 11.9 Å². The van der Waals surface area contributed by atoms with Gasteiger partial charge in [0.15, 0.2) is 11.5 Å². The fourth-order valence-electron chi connectivity index (χ4n) is 4.81. The van der Waals surface area contributed by atoms with Gasteiger partial charge in [0.25, 0.3) is 0 Å². The highest BCUT2D eigenvalue weighted by Gasteiger charge is 2.43. The Hall–Kier alpha value is -3.26. The predicted octanol–water partition coefficient (Wildman–Crippen LogP) is 3.08. The predicted molar refractivity (Wildman–Crippen MR) is 126 cm³/mol. The summed E-state index contributed by atoms with van der Waals surface area (Å²) in [5.74, 6) is 0.143. The lowest BCUT2D eigenvalue weighted by Gasteiger charge is -2.42. The first-order valence-electron chi connectivity index (χ1n) is 11.6. The van der Waals surface area contributed by atoms with Gasteiger partial charge in [0.2, 0.25) is 12.7 Å². The zero-order valence-electron chi connectivity index (χ0n) is 19.8. The number of nitrogens with zero attached hydrogens (tertiary/aromatic N) is 1. The molecule has 1 saturated heterocycles. The van der Waals surface area contributed by atoms with Crippen LogP contribution in [0, 0.1) is 11.8 Å². The third-order valence-electron chi connectivity index (χ3n) is 6.51. The molecule has 2 aliphatic rings. The topological polar surface area (TPSA) is 97.3 Å².